The van der Waals surface area contributed by atoms with Gasteiger partial charge in [0.25, 0.3) is 5.75 Å². The molecule has 0 atom stereocenters. The van der Waals surface area contributed by atoms with Crippen molar-refractivity contribution >= 4 is 11.4 Å². The van der Waals surface area contributed by atoms with Gasteiger partial charge in [0.2, 0.25) is 0 Å². The Kier molecular flexibility index (Phi) is 5.34. The van der Waals surface area contributed by atoms with Crippen molar-refractivity contribution in [3.8, 4) is 11.5 Å². The number of ether oxygens (including phenoxy) is 1. The predicted molar refractivity (Wildman–Crippen MR) is 56.0 cm³/mol. The van der Waals surface area contributed by atoms with Crippen molar-refractivity contribution in [1.82, 2.24) is 0 Å². The average Bonchev–Trinajstić information content (AvgIpc) is 2.21. The summed E-state index contributed by atoms with van der Waals surface area (Å²) >= 11 is 0. The Morgan fingerprint density at radius 1 is 1.06 bits per heavy atom. The predicted octanol–water partition coefficient (Wildman–Crippen LogP) is 1.18. The van der Waals surface area contributed by atoms with E-state index in [1.165, 1.54) is 0 Å². The first kappa shape index (κ1) is 14.6. The van der Waals surface area contributed by atoms with Crippen LogP contribution < -0.4 is 0 Å². The van der Waals surface area contributed by atoms with E-state index in [1.54, 1.807) is 14.2 Å². The molecule has 2 N–H and O–H groups in total. The fraction of sp³-hybridized carbons (Fsp3) is 0.250. The SMILES string of the molecule is COC.O=[N+]([O-])c1cc(O)cc([N+](=O)[O-])c1O. The smallest absolute Gasteiger partial charge is 0.321 e. The number of methoxy groups -OCH3 is 1. The third kappa shape index (κ3) is 3.91. The van der Waals surface area contributed by atoms with E-state index in [2.05, 4.69) is 4.74 Å². The van der Waals surface area contributed by atoms with Crippen molar-refractivity contribution in [3.05, 3.63) is 32.4 Å². The normalized spacial score (nSPS) is 9.06. The van der Waals surface area contributed by atoms with Crippen LogP contribution in [0.2, 0.25) is 0 Å². The maximum absolute atomic E-state index is 10.3. The third-order valence-corrected chi connectivity index (χ3v) is 1.45. The molecule has 1 aromatic rings. The molecule has 0 aliphatic rings. The lowest BCUT2D eigenvalue weighted by molar-refractivity contribution is -0.396. The molecular formula is C8H10N2O7. The van der Waals surface area contributed by atoms with Gasteiger partial charge in [-0.1, -0.05) is 0 Å². The van der Waals surface area contributed by atoms with Gasteiger partial charge in [0, 0.05) is 14.2 Å². The van der Waals surface area contributed by atoms with E-state index in [1.807, 2.05) is 0 Å². The number of hydrogen-bond acceptors (Lipinski definition) is 7. The Morgan fingerprint density at radius 2 is 1.35 bits per heavy atom. The van der Waals surface area contributed by atoms with E-state index in [-0.39, 0.29) is 0 Å². The minimum absolute atomic E-state index is 0.627. The minimum Gasteiger partial charge on any atom is -0.507 e. The number of nitrogens with zero attached hydrogens (tertiary/aromatic N) is 2. The Labute approximate surface area is 95.2 Å². The number of aromatic hydroxyl groups is 2. The fourth-order valence-electron chi connectivity index (χ4n) is 0.868. The molecule has 0 spiro atoms. The van der Waals surface area contributed by atoms with E-state index in [9.17, 15) is 20.2 Å². The summed E-state index contributed by atoms with van der Waals surface area (Å²) in [4.78, 5) is 18.5. The standard InChI is InChI=1S/C6H4N2O6.C2H6O/c9-3-1-4(7(11)12)6(10)5(2-3)8(13)14;1-3-2/h1-2,9-10H;1-2H3. The summed E-state index contributed by atoms with van der Waals surface area (Å²) in [5, 5.41) is 38.5. The van der Waals surface area contributed by atoms with Gasteiger partial charge in [-0.25, -0.2) is 0 Å². The molecule has 0 aromatic heterocycles. The summed E-state index contributed by atoms with van der Waals surface area (Å²) in [5.74, 6) is -1.72. The summed E-state index contributed by atoms with van der Waals surface area (Å²) in [5.41, 5.74) is -1.81. The molecule has 0 unspecified atom stereocenters. The van der Waals surface area contributed by atoms with Crippen LogP contribution in [-0.4, -0.2) is 34.3 Å². The van der Waals surface area contributed by atoms with Crippen LogP contribution >= 0.6 is 0 Å². The lowest BCUT2D eigenvalue weighted by Crippen LogP contribution is -1.93. The van der Waals surface area contributed by atoms with E-state index in [4.69, 9.17) is 10.2 Å². The number of phenols is 2. The first-order valence-electron chi connectivity index (χ1n) is 4.10. The van der Waals surface area contributed by atoms with Gasteiger partial charge in [-0.2, -0.15) is 0 Å². The molecule has 94 valence electrons. The number of hydrogen-bond donors (Lipinski definition) is 2. The number of phenolic OH excluding ortho intramolecular Hbond substituents is 2. The second kappa shape index (κ2) is 6.23. The molecule has 0 aliphatic carbocycles. The molecule has 9 nitrogen and oxygen atoms in total. The highest BCUT2D eigenvalue weighted by molar-refractivity contribution is 5.62. The van der Waals surface area contributed by atoms with Crippen LogP contribution in [0, 0.1) is 20.2 Å². The van der Waals surface area contributed by atoms with E-state index < -0.39 is 32.7 Å². The first-order chi connectivity index (χ1) is 7.84. The summed E-state index contributed by atoms with van der Waals surface area (Å²) in [6.45, 7) is 0. The van der Waals surface area contributed by atoms with Crippen molar-refractivity contribution in [1.29, 1.82) is 0 Å². The first-order valence-corrected chi connectivity index (χ1v) is 4.10. The number of nitro groups is 2. The second-order valence-electron chi connectivity index (χ2n) is 2.76. The highest BCUT2D eigenvalue weighted by atomic mass is 16.6. The highest BCUT2D eigenvalue weighted by Crippen LogP contribution is 2.38. The number of benzene rings is 1. The lowest BCUT2D eigenvalue weighted by Gasteiger charge is -1.98. The van der Waals surface area contributed by atoms with Crippen molar-refractivity contribution in [2.24, 2.45) is 0 Å². The Hall–Kier alpha value is -2.42. The van der Waals surface area contributed by atoms with Crippen LogP contribution in [0.25, 0.3) is 0 Å². The maximum atomic E-state index is 10.3. The van der Waals surface area contributed by atoms with Crippen LogP contribution in [0.15, 0.2) is 12.1 Å². The Bertz CT molecular complexity index is 397. The zero-order chi connectivity index (χ0) is 13.6. The minimum atomic E-state index is -1.07. The quantitative estimate of drug-likeness (QED) is 0.454. The highest BCUT2D eigenvalue weighted by Gasteiger charge is 2.26. The van der Waals surface area contributed by atoms with Gasteiger partial charge in [0.1, 0.15) is 5.75 Å². The molecule has 1 aromatic carbocycles. The van der Waals surface area contributed by atoms with Gasteiger partial charge in [-0.15, -0.1) is 0 Å². The van der Waals surface area contributed by atoms with E-state index in [0.29, 0.717) is 12.1 Å². The zero-order valence-electron chi connectivity index (χ0n) is 8.98. The van der Waals surface area contributed by atoms with E-state index >= 15 is 0 Å². The molecule has 0 fully saturated rings. The summed E-state index contributed by atoms with van der Waals surface area (Å²) in [6.07, 6.45) is 0. The molecule has 0 radical (unpaired) electrons. The van der Waals surface area contributed by atoms with Crippen molar-refractivity contribution in [2.75, 3.05) is 14.2 Å². The van der Waals surface area contributed by atoms with Crippen LogP contribution in [0.1, 0.15) is 0 Å². The summed E-state index contributed by atoms with van der Waals surface area (Å²) in [7, 11) is 3.25. The van der Waals surface area contributed by atoms with Crippen LogP contribution in [0.3, 0.4) is 0 Å². The number of rotatable bonds is 2. The molecule has 1 rings (SSSR count). The van der Waals surface area contributed by atoms with E-state index in [0.717, 1.165) is 0 Å². The molecule has 0 amide bonds. The molecule has 0 heterocycles. The van der Waals surface area contributed by atoms with Crippen molar-refractivity contribution in [3.63, 3.8) is 0 Å². The Morgan fingerprint density at radius 3 is 1.59 bits per heavy atom. The van der Waals surface area contributed by atoms with Gasteiger partial charge in [0.05, 0.1) is 22.0 Å². The molecule has 0 saturated heterocycles. The largest absolute Gasteiger partial charge is 0.507 e. The van der Waals surface area contributed by atoms with Gasteiger partial charge in [0.15, 0.2) is 0 Å². The topological polar surface area (TPSA) is 136 Å². The average molecular weight is 246 g/mol. The summed E-state index contributed by atoms with van der Waals surface area (Å²) < 4.78 is 4.25. The van der Waals surface area contributed by atoms with Gasteiger partial charge in [-0.3, -0.25) is 20.2 Å². The molecule has 0 saturated carbocycles. The van der Waals surface area contributed by atoms with Crippen LogP contribution in [-0.2, 0) is 4.74 Å². The molecule has 9 heteroatoms. The maximum Gasteiger partial charge on any atom is 0.321 e. The van der Waals surface area contributed by atoms with Crippen molar-refractivity contribution < 1.29 is 24.8 Å². The Balaban J connectivity index is 0.000000770. The summed E-state index contributed by atoms with van der Waals surface area (Å²) in [6, 6.07) is 1.25. The lowest BCUT2D eigenvalue weighted by atomic mass is 10.2. The zero-order valence-corrected chi connectivity index (χ0v) is 8.98. The molecule has 0 bridgehead atoms. The van der Waals surface area contributed by atoms with Crippen LogP contribution in [0.5, 0.6) is 11.5 Å². The fourth-order valence-corrected chi connectivity index (χ4v) is 0.868. The van der Waals surface area contributed by atoms with Gasteiger partial charge in [-0.05, 0) is 0 Å². The van der Waals surface area contributed by atoms with Crippen molar-refractivity contribution in [2.45, 2.75) is 0 Å². The van der Waals surface area contributed by atoms with Crippen LogP contribution in [0.4, 0.5) is 11.4 Å². The monoisotopic (exact) mass is 246 g/mol. The molecular weight excluding hydrogens is 236 g/mol. The number of nitro benzene ring substituents is 2. The molecule has 17 heavy (non-hydrogen) atoms. The second-order valence-corrected chi connectivity index (χ2v) is 2.76. The molecule has 0 aliphatic heterocycles. The van der Waals surface area contributed by atoms with Gasteiger partial charge < -0.3 is 14.9 Å². The third-order valence-electron chi connectivity index (χ3n) is 1.45. The van der Waals surface area contributed by atoms with Gasteiger partial charge >= 0.3 is 11.4 Å².